The number of likely N-dealkylation sites (N-methyl/N-ethyl adjacent to an activating group) is 1. The number of rotatable bonds is 4. The van der Waals surface area contributed by atoms with Gasteiger partial charge in [0.15, 0.2) is 0 Å². The lowest BCUT2D eigenvalue weighted by Crippen LogP contribution is -2.52. The van der Waals surface area contributed by atoms with E-state index in [2.05, 4.69) is 22.7 Å². The number of benzene rings is 1. The first-order valence-corrected chi connectivity index (χ1v) is 8.40. The number of nitrogens with zero attached hydrogens (tertiary/aromatic N) is 2. The van der Waals surface area contributed by atoms with Gasteiger partial charge in [0.25, 0.3) is 5.91 Å². The summed E-state index contributed by atoms with van der Waals surface area (Å²) < 4.78 is 5.39. The summed E-state index contributed by atoms with van der Waals surface area (Å²) in [5, 5.41) is 5.51. The lowest BCUT2D eigenvalue weighted by Gasteiger charge is -2.32. The number of para-hydroxylation sites is 1. The van der Waals surface area contributed by atoms with Crippen LogP contribution in [0.3, 0.4) is 0 Å². The van der Waals surface area contributed by atoms with Gasteiger partial charge in [0.05, 0.1) is 5.56 Å². The van der Waals surface area contributed by atoms with E-state index in [-0.39, 0.29) is 5.91 Å². The van der Waals surface area contributed by atoms with Gasteiger partial charge in [0, 0.05) is 51.1 Å². The van der Waals surface area contributed by atoms with Gasteiger partial charge in [-0.25, -0.2) is 5.01 Å². The maximum Gasteiger partial charge on any atom is 0.267 e. The molecule has 0 saturated carbocycles. The standard InChI is InChI=1S/C17H26N4O2/c1-20-8-10-21(11-9-20)19-17(22)15-4-2-3-5-16(15)18-14-6-12-23-13-7-14/h2-5,14,18H,6-13H2,1H3,(H,19,22). The highest BCUT2D eigenvalue weighted by atomic mass is 16.5. The SMILES string of the molecule is CN1CCN(NC(=O)c2ccccc2NC2CCOCC2)CC1. The third-order valence-electron chi connectivity index (χ3n) is 4.52. The summed E-state index contributed by atoms with van der Waals surface area (Å²) in [6.45, 7) is 5.24. The molecular weight excluding hydrogens is 292 g/mol. The summed E-state index contributed by atoms with van der Waals surface area (Å²) in [6, 6.07) is 8.12. The molecule has 2 heterocycles. The van der Waals surface area contributed by atoms with Gasteiger partial charge in [-0.05, 0) is 32.0 Å². The summed E-state index contributed by atoms with van der Waals surface area (Å²) in [4.78, 5) is 14.9. The fourth-order valence-corrected chi connectivity index (χ4v) is 2.99. The van der Waals surface area contributed by atoms with E-state index in [1.165, 1.54) is 0 Å². The molecule has 6 nitrogen and oxygen atoms in total. The molecule has 1 aromatic rings. The van der Waals surface area contributed by atoms with Crippen LogP contribution >= 0.6 is 0 Å². The Hall–Kier alpha value is -1.63. The largest absolute Gasteiger partial charge is 0.381 e. The number of carbonyl (C=O) groups excluding carboxylic acids is 1. The van der Waals surface area contributed by atoms with Crippen molar-refractivity contribution in [2.75, 3.05) is 51.8 Å². The second kappa shape index (κ2) is 7.77. The smallest absolute Gasteiger partial charge is 0.267 e. The second-order valence-electron chi connectivity index (χ2n) is 6.31. The van der Waals surface area contributed by atoms with Crippen LogP contribution in [0.25, 0.3) is 0 Å². The number of hydrazine groups is 1. The molecule has 0 bridgehead atoms. The summed E-state index contributed by atoms with van der Waals surface area (Å²) in [6.07, 6.45) is 1.96. The Bertz CT molecular complexity index is 523. The van der Waals surface area contributed by atoms with Crippen LogP contribution in [0.2, 0.25) is 0 Å². The third-order valence-corrected chi connectivity index (χ3v) is 4.52. The average molecular weight is 318 g/mol. The highest BCUT2D eigenvalue weighted by molar-refractivity contribution is 5.99. The maximum absolute atomic E-state index is 12.6. The lowest BCUT2D eigenvalue weighted by atomic mass is 10.1. The molecular formula is C17H26N4O2. The number of amides is 1. The molecule has 2 aliphatic heterocycles. The zero-order valence-electron chi connectivity index (χ0n) is 13.8. The number of nitrogens with one attached hydrogen (secondary N) is 2. The summed E-state index contributed by atoms with van der Waals surface area (Å²) in [5.74, 6) is -0.0373. The Kier molecular flexibility index (Phi) is 5.48. The Morgan fingerprint density at radius 2 is 1.83 bits per heavy atom. The van der Waals surface area contributed by atoms with Crippen LogP contribution < -0.4 is 10.7 Å². The van der Waals surface area contributed by atoms with Crippen molar-refractivity contribution < 1.29 is 9.53 Å². The Morgan fingerprint density at radius 3 is 2.57 bits per heavy atom. The van der Waals surface area contributed by atoms with Gasteiger partial charge in [0.1, 0.15) is 0 Å². The van der Waals surface area contributed by atoms with E-state index in [0.29, 0.717) is 11.6 Å². The van der Waals surface area contributed by atoms with Crippen LogP contribution in [0.4, 0.5) is 5.69 Å². The number of hydrogen-bond donors (Lipinski definition) is 2. The average Bonchev–Trinajstić information content (AvgIpc) is 2.58. The highest BCUT2D eigenvalue weighted by Crippen LogP contribution is 2.19. The maximum atomic E-state index is 12.6. The second-order valence-corrected chi connectivity index (χ2v) is 6.31. The topological polar surface area (TPSA) is 56.8 Å². The first-order chi connectivity index (χ1) is 11.2. The quantitative estimate of drug-likeness (QED) is 0.873. The van der Waals surface area contributed by atoms with Gasteiger partial charge in [0.2, 0.25) is 0 Å². The fourth-order valence-electron chi connectivity index (χ4n) is 2.99. The minimum absolute atomic E-state index is 0.0373. The molecule has 2 fully saturated rings. The van der Waals surface area contributed by atoms with Gasteiger partial charge in [-0.1, -0.05) is 12.1 Å². The van der Waals surface area contributed by atoms with E-state index in [9.17, 15) is 4.79 Å². The monoisotopic (exact) mass is 318 g/mol. The van der Waals surface area contributed by atoms with Crippen LogP contribution in [0.5, 0.6) is 0 Å². The molecule has 6 heteroatoms. The van der Waals surface area contributed by atoms with Gasteiger partial charge in [-0.2, -0.15) is 0 Å². The first-order valence-electron chi connectivity index (χ1n) is 8.40. The fraction of sp³-hybridized carbons (Fsp3) is 0.588. The van der Waals surface area contributed by atoms with Crippen molar-refractivity contribution in [3.05, 3.63) is 29.8 Å². The Morgan fingerprint density at radius 1 is 1.13 bits per heavy atom. The van der Waals surface area contributed by atoms with E-state index >= 15 is 0 Å². The summed E-state index contributed by atoms with van der Waals surface area (Å²) in [5.41, 5.74) is 4.65. The zero-order chi connectivity index (χ0) is 16.1. The first kappa shape index (κ1) is 16.2. The molecule has 2 aliphatic rings. The molecule has 126 valence electrons. The third kappa shape index (κ3) is 4.43. The number of carbonyl (C=O) groups is 1. The molecule has 0 unspecified atom stereocenters. The molecule has 0 aromatic heterocycles. The highest BCUT2D eigenvalue weighted by Gasteiger charge is 2.20. The normalized spacial score (nSPS) is 21.1. The van der Waals surface area contributed by atoms with Crippen molar-refractivity contribution in [1.29, 1.82) is 0 Å². The summed E-state index contributed by atoms with van der Waals surface area (Å²) in [7, 11) is 2.10. The molecule has 1 aromatic carbocycles. The summed E-state index contributed by atoms with van der Waals surface area (Å²) >= 11 is 0. The lowest BCUT2D eigenvalue weighted by molar-refractivity contribution is 0.0663. The molecule has 1 amide bonds. The Balaban J connectivity index is 1.63. The van der Waals surface area contributed by atoms with E-state index < -0.39 is 0 Å². The van der Waals surface area contributed by atoms with Crippen molar-refractivity contribution >= 4 is 11.6 Å². The molecule has 3 rings (SSSR count). The van der Waals surface area contributed by atoms with E-state index in [1.54, 1.807) is 0 Å². The van der Waals surface area contributed by atoms with E-state index in [1.807, 2.05) is 29.3 Å². The number of anilines is 1. The van der Waals surface area contributed by atoms with Crippen LogP contribution in [0.15, 0.2) is 24.3 Å². The molecule has 0 atom stereocenters. The zero-order valence-corrected chi connectivity index (χ0v) is 13.8. The van der Waals surface area contributed by atoms with Crippen molar-refractivity contribution in [1.82, 2.24) is 15.3 Å². The number of piperazine rings is 1. The Labute approximate surface area is 137 Å². The minimum Gasteiger partial charge on any atom is -0.381 e. The van der Waals surface area contributed by atoms with Gasteiger partial charge < -0.3 is 15.0 Å². The predicted octanol–water partition coefficient (Wildman–Crippen LogP) is 1.17. The van der Waals surface area contributed by atoms with Crippen molar-refractivity contribution in [2.24, 2.45) is 0 Å². The van der Waals surface area contributed by atoms with Crippen LogP contribution in [-0.2, 0) is 4.74 Å². The molecule has 2 N–H and O–H groups in total. The molecule has 0 spiro atoms. The van der Waals surface area contributed by atoms with Crippen LogP contribution in [-0.4, -0.2) is 68.3 Å². The van der Waals surface area contributed by atoms with Crippen molar-refractivity contribution in [3.63, 3.8) is 0 Å². The van der Waals surface area contributed by atoms with Crippen LogP contribution in [0.1, 0.15) is 23.2 Å². The molecule has 0 aliphatic carbocycles. The van der Waals surface area contributed by atoms with Gasteiger partial charge in [-0.15, -0.1) is 0 Å². The molecule has 0 radical (unpaired) electrons. The van der Waals surface area contributed by atoms with E-state index in [4.69, 9.17) is 4.74 Å². The van der Waals surface area contributed by atoms with Crippen molar-refractivity contribution in [3.8, 4) is 0 Å². The van der Waals surface area contributed by atoms with Crippen LogP contribution in [0, 0.1) is 0 Å². The van der Waals surface area contributed by atoms with Crippen molar-refractivity contribution in [2.45, 2.75) is 18.9 Å². The molecule has 23 heavy (non-hydrogen) atoms. The predicted molar refractivity (Wildman–Crippen MR) is 90.4 cm³/mol. The number of hydrogen-bond acceptors (Lipinski definition) is 5. The minimum atomic E-state index is -0.0373. The number of ether oxygens (including phenoxy) is 1. The molecule has 2 saturated heterocycles. The van der Waals surface area contributed by atoms with E-state index in [0.717, 1.165) is 57.9 Å². The van der Waals surface area contributed by atoms with Gasteiger partial charge in [-0.3, -0.25) is 10.2 Å². The van der Waals surface area contributed by atoms with Gasteiger partial charge >= 0.3 is 0 Å².